The molecule has 0 amide bonds. The minimum Gasteiger partial charge on any atom is -1.00 e. The fourth-order valence-corrected chi connectivity index (χ4v) is 2.73. The summed E-state index contributed by atoms with van der Waals surface area (Å²) in [5, 5.41) is 7.00. The standard InChI is InChI=1S/2C5H14NP.CH4O.2ClH.Pd/c2*1-7(2)5-3-4-6;1-2;;;/h2*3-6H2,1-2H3;2H,1H3;2*1H;/q;;;;;+2. The van der Waals surface area contributed by atoms with Crippen molar-refractivity contribution in [2.75, 3.05) is 59.2 Å². The van der Waals surface area contributed by atoms with Gasteiger partial charge in [-0.1, -0.05) is 0 Å². The van der Waals surface area contributed by atoms with E-state index in [2.05, 4.69) is 26.7 Å². The molecule has 0 aliphatic rings. The van der Waals surface area contributed by atoms with Crippen LogP contribution in [0.3, 0.4) is 0 Å². The second-order valence-corrected chi connectivity index (χ2v) is 10.0. The maximum Gasteiger partial charge on any atom is 2.00 e. The number of aliphatic hydroxyl groups is 1. The third-order valence-electron chi connectivity index (χ3n) is 1.76. The zero-order chi connectivity index (χ0) is 13.4. The SMILES string of the molecule is CO.C[PH+](C)CCCN.C[PH+](C)CCCN.[Cl-].[Cl-].[Pd+2]. The molecule has 3 nitrogen and oxygen atoms in total. The van der Waals surface area contributed by atoms with Crippen molar-refractivity contribution in [3.8, 4) is 0 Å². The van der Waals surface area contributed by atoms with E-state index >= 15 is 0 Å². The van der Waals surface area contributed by atoms with Gasteiger partial charge in [-0.15, -0.1) is 0 Å². The fourth-order valence-electron chi connectivity index (χ4n) is 0.911. The van der Waals surface area contributed by atoms with E-state index in [4.69, 9.17) is 16.6 Å². The van der Waals surface area contributed by atoms with Gasteiger partial charge >= 0.3 is 20.4 Å². The van der Waals surface area contributed by atoms with E-state index in [1.54, 1.807) is 0 Å². The minimum absolute atomic E-state index is 0. The van der Waals surface area contributed by atoms with Crippen molar-refractivity contribution in [3.63, 3.8) is 0 Å². The summed E-state index contributed by atoms with van der Waals surface area (Å²) in [6, 6.07) is 0. The van der Waals surface area contributed by atoms with Crippen molar-refractivity contribution in [1.82, 2.24) is 0 Å². The van der Waals surface area contributed by atoms with Crippen LogP contribution in [-0.2, 0) is 20.4 Å². The summed E-state index contributed by atoms with van der Waals surface area (Å²) in [7, 11) is 1.05. The maximum atomic E-state index is 7.00. The van der Waals surface area contributed by atoms with E-state index in [9.17, 15) is 0 Å². The van der Waals surface area contributed by atoms with Gasteiger partial charge in [0.1, 0.15) is 0 Å². The van der Waals surface area contributed by atoms with Crippen molar-refractivity contribution >= 4 is 15.8 Å². The van der Waals surface area contributed by atoms with Crippen LogP contribution in [0.15, 0.2) is 0 Å². The van der Waals surface area contributed by atoms with Crippen LogP contribution >= 0.6 is 15.8 Å². The fraction of sp³-hybridized carbons (Fsp3) is 1.00. The molecule has 0 radical (unpaired) electrons. The average molecular weight is 450 g/mol. The molecule has 0 heterocycles. The molecular formula is C11H34Cl2N2OP2Pd+2. The van der Waals surface area contributed by atoms with Crippen LogP contribution in [0, 0.1) is 0 Å². The number of aliphatic hydroxyl groups excluding tert-OH is 1. The Morgan fingerprint density at radius 2 is 0.947 bits per heavy atom. The van der Waals surface area contributed by atoms with Gasteiger partial charge in [-0.2, -0.15) is 0 Å². The predicted molar refractivity (Wildman–Crippen MR) is 85.5 cm³/mol. The minimum atomic E-state index is 0. The quantitative estimate of drug-likeness (QED) is 0.282. The van der Waals surface area contributed by atoms with Gasteiger partial charge in [-0.25, -0.2) is 0 Å². The van der Waals surface area contributed by atoms with Crippen LogP contribution in [0.4, 0.5) is 0 Å². The Kier molecular flexibility index (Phi) is 72.3. The van der Waals surface area contributed by atoms with Crippen LogP contribution in [0.1, 0.15) is 12.8 Å². The van der Waals surface area contributed by atoms with Crippen LogP contribution in [-0.4, -0.2) is 64.3 Å². The summed E-state index contributed by atoms with van der Waals surface area (Å²) in [6.07, 6.45) is 5.20. The van der Waals surface area contributed by atoms with Crippen molar-refractivity contribution in [2.45, 2.75) is 12.8 Å². The molecule has 0 atom stereocenters. The molecule has 19 heavy (non-hydrogen) atoms. The zero-order valence-electron chi connectivity index (χ0n) is 12.9. The molecular weight excluding hydrogens is 415 g/mol. The van der Waals surface area contributed by atoms with E-state index in [0.717, 1.165) is 20.2 Å². The first-order valence-electron chi connectivity index (χ1n) is 5.97. The molecule has 0 saturated heterocycles. The van der Waals surface area contributed by atoms with Gasteiger partial charge in [0, 0.05) is 33.8 Å². The van der Waals surface area contributed by atoms with Crippen molar-refractivity contribution in [2.24, 2.45) is 11.5 Å². The molecule has 0 rings (SSSR count). The smallest absolute Gasteiger partial charge is 1.00 e. The van der Waals surface area contributed by atoms with Crippen molar-refractivity contribution in [3.05, 3.63) is 0 Å². The number of halogens is 2. The topological polar surface area (TPSA) is 72.3 Å². The van der Waals surface area contributed by atoms with Crippen molar-refractivity contribution in [1.29, 1.82) is 0 Å². The molecule has 0 fully saturated rings. The van der Waals surface area contributed by atoms with Gasteiger partial charge in [0.05, 0.1) is 12.3 Å². The first-order valence-corrected chi connectivity index (χ1v) is 11.4. The van der Waals surface area contributed by atoms with Gasteiger partial charge in [0.25, 0.3) is 0 Å². The van der Waals surface area contributed by atoms with E-state index < -0.39 is 0 Å². The van der Waals surface area contributed by atoms with Gasteiger partial charge in [0.2, 0.25) is 0 Å². The van der Waals surface area contributed by atoms with E-state index in [-0.39, 0.29) is 61.1 Å². The molecule has 0 bridgehead atoms. The molecule has 0 spiro atoms. The van der Waals surface area contributed by atoms with Crippen molar-refractivity contribution < 1.29 is 50.3 Å². The second kappa shape index (κ2) is 36.8. The Morgan fingerprint density at radius 3 is 1.00 bits per heavy atom. The number of rotatable bonds is 6. The molecule has 5 N–H and O–H groups in total. The first kappa shape index (κ1) is 37.3. The third-order valence-corrected chi connectivity index (χ3v) is 4.47. The molecule has 0 aromatic carbocycles. The van der Waals surface area contributed by atoms with E-state index in [0.29, 0.717) is 0 Å². The summed E-state index contributed by atoms with van der Waals surface area (Å²) in [4.78, 5) is 0. The Labute approximate surface area is 149 Å². The van der Waals surface area contributed by atoms with Gasteiger partial charge in [-0.3, -0.25) is 0 Å². The van der Waals surface area contributed by atoms with Crippen LogP contribution in [0.25, 0.3) is 0 Å². The summed E-state index contributed by atoms with van der Waals surface area (Å²) >= 11 is 0. The largest absolute Gasteiger partial charge is 2.00 e. The molecule has 8 heteroatoms. The van der Waals surface area contributed by atoms with E-state index in [1.807, 2.05) is 0 Å². The molecule has 0 aliphatic heterocycles. The average Bonchev–Trinajstić information content (AvgIpc) is 2.27. The zero-order valence-corrected chi connectivity index (χ0v) is 18.0. The van der Waals surface area contributed by atoms with Gasteiger partial charge in [-0.05, 0) is 41.8 Å². The monoisotopic (exact) mass is 448 g/mol. The summed E-state index contributed by atoms with van der Waals surface area (Å²) in [6.45, 7) is 11.0. The summed E-state index contributed by atoms with van der Waals surface area (Å²) in [5.74, 6) is 0. The Balaban J connectivity index is -0.0000000344. The normalized spacial score (nSPS) is 7.89. The molecule has 0 saturated carbocycles. The molecule has 0 aromatic heterocycles. The Hall–Kier alpha value is 1.98. The number of hydrogen-bond acceptors (Lipinski definition) is 3. The van der Waals surface area contributed by atoms with Gasteiger partial charge in [0.15, 0.2) is 0 Å². The second-order valence-electron chi connectivity index (χ2n) is 4.20. The molecule has 0 aliphatic carbocycles. The van der Waals surface area contributed by atoms with Gasteiger partial charge < -0.3 is 41.4 Å². The third kappa shape index (κ3) is 64.8. The van der Waals surface area contributed by atoms with Crippen LogP contribution in [0.2, 0.25) is 0 Å². The van der Waals surface area contributed by atoms with Crippen LogP contribution < -0.4 is 36.3 Å². The molecule has 0 unspecified atom stereocenters. The van der Waals surface area contributed by atoms with Crippen LogP contribution in [0.5, 0.6) is 0 Å². The molecule has 0 aromatic rings. The summed E-state index contributed by atoms with van der Waals surface area (Å²) < 4.78 is 0. The number of hydrogen-bond donors (Lipinski definition) is 3. The predicted octanol–water partition coefficient (Wildman–Crippen LogP) is -4.77. The Bertz CT molecular complexity index is 107. The molecule has 126 valence electrons. The maximum absolute atomic E-state index is 7.00. The first-order chi connectivity index (χ1) is 7.54. The van der Waals surface area contributed by atoms with E-state index in [1.165, 1.54) is 25.2 Å². The number of nitrogens with two attached hydrogens (primary N) is 2. The summed E-state index contributed by atoms with van der Waals surface area (Å²) in [5.41, 5.74) is 10.6. The Morgan fingerprint density at radius 1 is 0.737 bits per heavy atom.